The number of hydrazone groups is 1. The van der Waals surface area contributed by atoms with Gasteiger partial charge in [-0.1, -0.05) is 42.5 Å². The molecule has 4 N–H and O–H groups in total. The summed E-state index contributed by atoms with van der Waals surface area (Å²) in [5.74, 6) is -0.229. The van der Waals surface area contributed by atoms with Gasteiger partial charge in [0.15, 0.2) is 0 Å². The molecule has 0 aromatic heterocycles. The van der Waals surface area contributed by atoms with Crippen molar-refractivity contribution in [1.29, 1.82) is 0 Å². The normalized spacial score (nSPS) is 11.2. The monoisotopic (exact) mass is 407 g/mol. The topological polar surface area (TPSA) is 103 Å². The molecule has 0 spiro atoms. The van der Waals surface area contributed by atoms with E-state index >= 15 is 0 Å². The molecule has 0 atom stereocenters. The van der Waals surface area contributed by atoms with Gasteiger partial charge in [0.25, 0.3) is 5.91 Å². The molecule has 3 aromatic carbocycles. The lowest BCUT2D eigenvalue weighted by Gasteiger charge is -2.07. The molecule has 0 radical (unpaired) electrons. The summed E-state index contributed by atoms with van der Waals surface area (Å²) in [6.45, 7) is 2.23. The Kier molecular flexibility index (Phi) is 7.91. The number of benzene rings is 3. The molecule has 30 heavy (non-hydrogen) atoms. The number of nitrogens with one attached hydrogen (secondary N) is 2. The third-order valence-electron chi connectivity index (χ3n) is 4.51. The second-order valence-corrected chi connectivity index (χ2v) is 6.63. The maximum Gasteiger partial charge on any atom is 0.271 e. The molecule has 3 aromatic rings. The van der Waals surface area contributed by atoms with Gasteiger partial charge in [-0.05, 0) is 34.5 Å². The Morgan fingerprint density at radius 1 is 1.03 bits per heavy atom. The van der Waals surface area contributed by atoms with Crippen molar-refractivity contribution in [3.8, 4) is 5.75 Å². The Bertz CT molecular complexity index is 1000. The van der Waals surface area contributed by atoms with E-state index in [1.54, 1.807) is 18.2 Å². The first-order chi connectivity index (χ1) is 14.7. The van der Waals surface area contributed by atoms with Crippen molar-refractivity contribution in [2.75, 3.05) is 26.4 Å². The number of carbonyl (C=O) groups excluding carboxylic acids is 1. The Labute approximate surface area is 175 Å². The van der Waals surface area contributed by atoms with Crippen LogP contribution in [0.1, 0.15) is 21.5 Å². The van der Waals surface area contributed by atoms with Gasteiger partial charge in [-0.15, -0.1) is 0 Å². The lowest BCUT2D eigenvalue weighted by atomic mass is 10.0. The molecule has 0 heterocycles. The van der Waals surface area contributed by atoms with Crippen molar-refractivity contribution in [2.45, 2.75) is 6.54 Å². The van der Waals surface area contributed by atoms with Crippen LogP contribution in [0.15, 0.2) is 65.8 Å². The zero-order chi connectivity index (χ0) is 21.2. The van der Waals surface area contributed by atoms with Gasteiger partial charge in [0.05, 0.1) is 26.0 Å². The van der Waals surface area contributed by atoms with Crippen LogP contribution < -0.4 is 10.7 Å². The number of fused-ring (bicyclic) bond motifs is 1. The molecule has 0 aliphatic heterocycles. The predicted molar refractivity (Wildman–Crippen MR) is 117 cm³/mol. The van der Waals surface area contributed by atoms with E-state index in [0.29, 0.717) is 37.4 Å². The summed E-state index contributed by atoms with van der Waals surface area (Å²) in [7, 11) is 0. The number of hydrogen-bond acceptors (Lipinski definition) is 6. The fraction of sp³-hybridized carbons (Fsp3) is 0.217. The molecule has 0 saturated heterocycles. The lowest BCUT2D eigenvalue weighted by molar-refractivity contribution is 0.0938. The van der Waals surface area contributed by atoms with Crippen molar-refractivity contribution < 1.29 is 19.7 Å². The standard InChI is InChI=1S/C23H25N3O4/c27-12-14-30-13-11-24-15-17-5-7-19(8-6-17)23(29)26-25-16-21-20-4-2-1-3-18(20)9-10-22(21)28/h1-10,16,24,27-28H,11-15H2,(H,26,29)/b25-16+. The number of ether oxygens (including phenoxy) is 1. The third kappa shape index (κ3) is 5.87. The largest absolute Gasteiger partial charge is 0.507 e. The molecule has 0 bridgehead atoms. The predicted octanol–water partition coefficient (Wildman–Crippen LogP) is 2.41. The van der Waals surface area contributed by atoms with E-state index in [9.17, 15) is 9.90 Å². The van der Waals surface area contributed by atoms with E-state index in [0.717, 1.165) is 16.3 Å². The first-order valence-electron chi connectivity index (χ1n) is 9.71. The van der Waals surface area contributed by atoms with Crippen molar-refractivity contribution in [1.82, 2.24) is 10.7 Å². The quantitative estimate of drug-likeness (QED) is 0.235. The van der Waals surface area contributed by atoms with Crippen molar-refractivity contribution in [3.63, 3.8) is 0 Å². The Morgan fingerprint density at radius 3 is 2.63 bits per heavy atom. The zero-order valence-corrected chi connectivity index (χ0v) is 16.5. The first kappa shape index (κ1) is 21.4. The van der Waals surface area contributed by atoms with E-state index in [4.69, 9.17) is 9.84 Å². The Morgan fingerprint density at radius 2 is 1.83 bits per heavy atom. The molecule has 0 aliphatic carbocycles. The summed E-state index contributed by atoms with van der Waals surface area (Å²) < 4.78 is 5.18. The van der Waals surface area contributed by atoms with E-state index in [-0.39, 0.29) is 18.3 Å². The molecule has 1 amide bonds. The highest BCUT2D eigenvalue weighted by Crippen LogP contribution is 2.25. The smallest absolute Gasteiger partial charge is 0.271 e. The fourth-order valence-corrected chi connectivity index (χ4v) is 2.96. The minimum absolute atomic E-state index is 0.0245. The first-order valence-corrected chi connectivity index (χ1v) is 9.71. The van der Waals surface area contributed by atoms with E-state index in [1.165, 1.54) is 6.21 Å². The number of rotatable bonds is 10. The van der Waals surface area contributed by atoms with Crippen LogP contribution in [-0.2, 0) is 11.3 Å². The minimum Gasteiger partial charge on any atom is -0.507 e. The average molecular weight is 407 g/mol. The van der Waals surface area contributed by atoms with Gasteiger partial charge in [0, 0.05) is 24.2 Å². The number of carbonyl (C=O) groups is 1. The van der Waals surface area contributed by atoms with Gasteiger partial charge in [-0.2, -0.15) is 5.10 Å². The van der Waals surface area contributed by atoms with Gasteiger partial charge >= 0.3 is 0 Å². The van der Waals surface area contributed by atoms with Crippen LogP contribution in [-0.4, -0.2) is 48.7 Å². The van der Waals surface area contributed by atoms with E-state index < -0.39 is 0 Å². The maximum absolute atomic E-state index is 12.3. The highest BCUT2D eigenvalue weighted by Gasteiger charge is 2.06. The van der Waals surface area contributed by atoms with E-state index in [1.807, 2.05) is 42.5 Å². The number of hydrogen-bond donors (Lipinski definition) is 4. The highest BCUT2D eigenvalue weighted by molar-refractivity contribution is 6.03. The van der Waals surface area contributed by atoms with Crippen molar-refractivity contribution in [3.05, 3.63) is 77.4 Å². The van der Waals surface area contributed by atoms with Crippen LogP contribution in [0.25, 0.3) is 10.8 Å². The minimum atomic E-state index is -0.331. The number of phenolic OH excluding ortho intramolecular Hbond substituents is 1. The molecule has 7 nitrogen and oxygen atoms in total. The van der Waals surface area contributed by atoms with Crippen LogP contribution in [0.3, 0.4) is 0 Å². The third-order valence-corrected chi connectivity index (χ3v) is 4.51. The average Bonchev–Trinajstić information content (AvgIpc) is 2.78. The summed E-state index contributed by atoms with van der Waals surface area (Å²) in [4.78, 5) is 12.3. The molecule has 3 rings (SSSR count). The van der Waals surface area contributed by atoms with Crippen LogP contribution in [0, 0.1) is 0 Å². The molecular weight excluding hydrogens is 382 g/mol. The van der Waals surface area contributed by atoms with E-state index in [2.05, 4.69) is 15.8 Å². The molecule has 0 unspecified atom stereocenters. The maximum atomic E-state index is 12.3. The number of aliphatic hydroxyl groups excluding tert-OH is 1. The second kappa shape index (κ2) is 11.1. The van der Waals surface area contributed by atoms with Crippen molar-refractivity contribution in [2.24, 2.45) is 5.10 Å². The van der Waals surface area contributed by atoms with Crippen molar-refractivity contribution >= 4 is 22.9 Å². The summed E-state index contributed by atoms with van der Waals surface area (Å²) >= 11 is 0. The molecule has 0 aliphatic rings. The van der Waals surface area contributed by atoms with Crippen LogP contribution in [0.5, 0.6) is 5.75 Å². The summed E-state index contributed by atoms with van der Waals surface area (Å²) in [6.07, 6.45) is 1.45. The molecule has 7 heteroatoms. The van der Waals surface area contributed by atoms with Crippen LogP contribution in [0.2, 0.25) is 0 Å². The number of phenols is 1. The van der Waals surface area contributed by atoms with Gasteiger partial charge in [-0.3, -0.25) is 4.79 Å². The van der Waals surface area contributed by atoms with Gasteiger partial charge < -0.3 is 20.3 Å². The molecular formula is C23H25N3O4. The van der Waals surface area contributed by atoms with Gasteiger partial charge in [0.1, 0.15) is 5.75 Å². The SMILES string of the molecule is O=C(N/N=C/c1c(O)ccc2ccccc12)c1ccc(CNCCOCCO)cc1. The van der Waals surface area contributed by atoms with Crippen LogP contribution >= 0.6 is 0 Å². The number of amides is 1. The summed E-state index contributed by atoms with van der Waals surface area (Å²) in [5, 5.41) is 27.8. The Hall–Kier alpha value is -3.26. The fourth-order valence-electron chi connectivity index (χ4n) is 2.96. The van der Waals surface area contributed by atoms with Gasteiger partial charge in [-0.25, -0.2) is 5.43 Å². The van der Waals surface area contributed by atoms with Gasteiger partial charge in [0.2, 0.25) is 0 Å². The van der Waals surface area contributed by atoms with Crippen LogP contribution in [0.4, 0.5) is 0 Å². The summed E-state index contributed by atoms with van der Waals surface area (Å²) in [5.41, 5.74) is 4.58. The molecule has 0 fully saturated rings. The number of nitrogens with zero attached hydrogens (tertiary/aromatic N) is 1. The Balaban J connectivity index is 1.53. The highest BCUT2D eigenvalue weighted by atomic mass is 16.5. The second-order valence-electron chi connectivity index (χ2n) is 6.63. The number of aliphatic hydroxyl groups is 1. The molecule has 0 saturated carbocycles. The number of aromatic hydroxyl groups is 1. The summed E-state index contributed by atoms with van der Waals surface area (Å²) in [6, 6.07) is 18.3. The molecule has 156 valence electrons. The zero-order valence-electron chi connectivity index (χ0n) is 16.5. The lowest BCUT2D eigenvalue weighted by Crippen LogP contribution is -2.20.